The third kappa shape index (κ3) is 7.58. The second-order valence-corrected chi connectivity index (χ2v) is 6.04. The first-order chi connectivity index (χ1) is 12.3. The van der Waals surface area contributed by atoms with Crippen molar-refractivity contribution in [1.82, 2.24) is 0 Å². The summed E-state index contributed by atoms with van der Waals surface area (Å²) in [5, 5.41) is 20.7. The summed E-state index contributed by atoms with van der Waals surface area (Å²) in [6.45, 7) is 3.55. The Balaban J connectivity index is 0.00000364. The van der Waals surface area contributed by atoms with Crippen molar-refractivity contribution in [3.05, 3.63) is 59.7 Å². The Morgan fingerprint density at radius 1 is 1.00 bits per heavy atom. The van der Waals surface area contributed by atoms with Crippen LogP contribution in [0.5, 0.6) is 0 Å². The summed E-state index contributed by atoms with van der Waals surface area (Å²) in [6.07, 6.45) is 0. The number of benzene rings is 2. The van der Waals surface area contributed by atoms with Crippen LogP contribution in [0.15, 0.2) is 48.5 Å². The molecule has 0 unspecified atom stereocenters. The first-order valence-electron chi connectivity index (χ1n) is 8.01. The van der Waals surface area contributed by atoms with E-state index in [1.54, 1.807) is 12.1 Å². The molecular weight excluding hydrogens is 382 g/mol. The summed E-state index contributed by atoms with van der Waals surface area (Å²) in [6, 6.07) is 12.1. The zero-order valence-electron chi connectivity index (χ0n) is 14.5. The van der Waals surface area contributed by atoms with E-state index >= 15 is 0 Å². The molecule has 2 aromatic carbocycles. The number of nitrogens with zero attached hydrogens (tertiary/aromatic N) is 1. The van der Waals surface area contributed by atoms with Crippen molar-refractivity contribution in [2.45, 2.75) is 19.8 Å². The summed E-state index contributed by atoms with van der Waals surface area (Å²) in [7, 11) is 0. The van der Waals surface area contributed by atoms with Crippen LogP contribution in [-0.2, 0) is 4.79 Å². The van der Waals surface area contributed by atoms with E-state index in [0.29, 0.717) is 11.6 Å². The maximum absolute atomic E-state index is 12.6. The van der Waals surface area contributed by atoms with Gasteiger partial charge in [-0.1, -0.05) is 32.0 Å². The van der Waals surface area contributed by atoms with Crippen molar-refractivity contribution in [2.75, 3.05) is 16.8 Å². The Hall–Kier alpha value is -1.35. The van der Waals surface area contributed by atoms with E-state index in [-0.39, 0.29) is 70.4 Å². The molecule has 2 rings (SSSR count). The number of nitrogens with one attached hydrogen (secondary N) is 1. The monoisotopic (exact) mass is 404 g/mol. The van der Waals surface area contributed by atoms with Crippen LogP contribution in [0.25, 0.3) is 0 Å². The second kappa shape index (κ2) is 12.3. The number of aromatic carboxylic acids is 1. The topological polar surface area (TPSA) is 107 Å². The van der Waals surface area contributed by atoms with E-state index in [1.807, 2.05) is 26.0 Å². The van der Waals surface area contributed by atoms with Crippen LogP contribution in [0, 0.1) is 0 Å². The van der Waals surface area contributed by atoms with Gasteiger partial charge < -0.3 is 15.5 Å². The molecule has 140 valence electrons. The van der Waals surface area contributed by atoms with Crippen molar-refractivity contribution in [2.24, 2.45) is 0 Å². The molecule has 28 heavy (non-hydrogen) atoms. The molecule has 0 bridgehead atoms. The number of rotatable bonds is 6. The Morgan fingerprint density at radius 3 is 2.11 bits per heavy atom. The number of anilines is 2. The van der Waals surface area contributed by atoms with Crippen LogP contribution in [0.4, 0.5) is 16.2 Å². The molecule has 0 aliphatic rings. The quantitative estimate of drug-likeness (QED) is 0.641. The van der Waals surface area contributed by atoms with Gasteiger partial charge in [0.25, 0.3) is 0 Å². The summed E-state index contributed by atoms with van der Waals surface area (Å²) < 4.78 is 0. The first-order valence-corrected chi connectivity index (χ1v) is 8.01. The maximum atomic E-state index is 12.6. The van der Waals surface area contributed by atoms with Crippen LogP contribution in [0.1, 0.15) is 35.7 Å². The van der Waals surface area contributed by atoms with Crippen LogP contribution in [0.3, 0.4) is 0 Å². The number of carboxylic acids is 2. The number of hydrogen-bond donors (Lipinski definition) is 3. The van der Waals surface area contributed by atoms with Gasteiger partial charge in [0.15, 0.2) is 0 Å². The molecule has 0 aliphatic heterocycles. The van der Waals surface area contributed by atoms with Gasteiger partial charge >= 0.3 is 77.1 Å². The van der Waals surface area contributed by atoms with Gasteiger partial charge in [-0.15, -0.1) is 0 Å². The Bertz CT molecular complexity index is 825. The average Bonchev–Trinajstić information content (AvgIpc) is 2.59. The number of carbonyl (C=O) groups excluding carboxylic acids is 1. The normalized spacial score (nSPS) is 9.68. The summed E-state index contributed by atoms with van der Waals surface area (Å²) in [5.74, 6) is -1.97. The molecule has 0 saturated carbocycles. The fourth-order valence-corrected chi connectivity index (χ4v) is 2.38. The molecule has 3 N–H and O–H groups in total. The van der Waals surface area contributed by atoms with E-state index in [1.165, 1.54) is 24.3 Å². The van der Waals surface area contributed by atoms with Gasteiger partial charge in [-0.2, -0.15) is 0 Å². The van der Waals surface area contributed by atoms with Gasteiger partial charge in [-0.05, 0) is 41.8 Å². The van der Waals surface area contributed by atoms with Crippen molar-refractivity contribution in [3.8, 4) is 0 Å². The van der Waals surface area contributed by atoms with Crippen molar-refractivity contribution < 1.29 is 24.6 Å². The van der Waals surface area contributed by atoms with Crippen molar-refractivity contribution in [1.29, 1.82) is 0 Å². The minimum absolute atomic E-state index is 0. The molecule has 0 heterocycles. The Kier molecular flexibility index (Phi) is 11.7. The number of carboxylic acid groups (broad SMARTS) is 2. The van der Waals surface area contributed by atoms with E-state index in [2.05, 4.69) is 5.32 Å². The summed E-state index contributed by atoms with van der Waals surface area (Å²) in [5.41, 5.74) is 1.79. The van der Waals surface area contributed by atoms with Gasteiger partial charge in [0, 0.05) is 11.4 Å². The zero-order valence-corrected chi connectivity index (χ0v) is 14.5. The number of aliphatic carboxylic acids is 1. The molecule has 0 aromatic heterocycles. The average molecular weight is 404 g/mol. The van der Waals surface area contributed by atoms with Crippen LogP contribution in [0.2, 0.25) is 0 Å². The van der Waals surface area contributed by atoms with Crippen molar-refractivity contribution >= 4 is 88.5 Å². The SMILES string of the molecule is CC(C)c1ccc(N(CC(=O)O)C(=O)Nc2cccc(C(=O)O)c2)cc1.[NaH].[NaH]. The first kappa shape index (κ1) is 26.6. The van der Waals surface area contributed by atoms with Crippen LogP contribution in [-0.4, -0.2) is 93.8 Å². The molecule has 0 aliphatic carbocycles. The predicted molar refractivity (Wildman–Crippen MR) is 112 cm³/mol. The molecule has 7 nitrogen and oxygen atoms in total. The van der Waals surface area contributed by atoms with Gasteiger partial charge in [-0.25, -0.2) is 9.59 Å². The van der Waals surface area contributed by atoms with Gasteiger partial charge in [0.05, 0.1) is 5.56 Å². The van der Waals surface area contributed by atoms with Crippen molar-refractivity contribution in [3.63, 3.8) is 0 Å². The number of amides is 2. The molecule has 2 aromatic rings. The van der Waals surface area contributed by atoms with Gasteiger partial charge in [0.1, 0.15) is 6.54 Å². The van der Waals surface area contributed by atoms with Crippen LogP contribution < -0.4 is 10.2 Å². The Morgan fingerprint density at radius 2 is 1.61 bits per heavy atom. The van der Waals surface area contributed by atoms with E-state index in [9.17, 15) is 14.4 Å². The Labute approximate surface area is 207 Å². The second-order valence-electron chi connectivity index (χ2n) is 6.04. The molecule has 2 amide bonds. The molecule has 0 fully saturated rings. The molecule has 0 radical (unpaired) electrons. The standard InChI is InChI=1S/C19H20N2O5.2Na.2H/c1-12(2)13-6-8-16(9-7-13)21(11-17(22)23)19(26)20-15-5-3-4-14(10-15)18(24)25;;;;/h3-10,12H,11H2,1-2H3,(H,20,26)(H,22,23)(H,24,25);;;;. The summed E-state index contributed by atoms with van der Waals surface area (Å²) in [4.78, 5) is 35.8. The van der Waals surface area contributed by atoms with Gasteiger partial charge in [-0.3, -0.25) is 9.69 Å². The number of carbonyl (C=O) groups is 3. The third-order valence-corrected chi connectivity index (χ3v) is 3.77. The molecule has 0 saturated heterocycles. The van der Waals surface area contributed by atoms with E-state index < -0.39 is 24.5 Å². The summed E-state index contributed by atoms with van der Waals surface area (Å²) >= 11 is 0. The third-order valence-electron chi connectivity index (χ3n) is 3.77. The van der Waals surface area contributed by atoms with Crippen LogP contribution >= 0.6 is 0 Å². The number of urea groups is 1. The van der Waals surface area contributed by atoms with E-state index in [0.717, 1.165) is 10.5 Å². The molecule has 9 heteroatoms. The molecule has 0 atom stereocenters. The predicted octanol–water partition coefficient (Wildman–Crippen LogP) is 2.33. The fraction of sp³-hybridized carbons (Fsp3) is 0.211. The fourth-order valence-electron chi connectivity index (χ4n) is 2.38. The van der Waals surface area contributed by atoms with E-state index in [4.69, 9.17) is 10.2 Å². The van der Waals surface area contributed by atoms with Gasteiger partial charge in [0.2, 0.25) is 0 Å². The molecule has 0 spiro atoms. The number of hydrogen-bond acceptors (Lipinski definition) is 3. The molecular formula is C19H22N2Na2O5. The zero-order chi connectivity index (χ0) is 19.3. The minimum atomic E-state index is -1.16.